The summed E-state index contributed by atoms with van der Waals surface area (Å²) < 4.78 is 0. The monoisotopic (exact) mass is 203 g/mol. The molecule has 1 amide bonds. The summed E-state index contributed by atoms with van der Waals surface area (Å²) in [5.74, 6) is 0.397. The molecule has 0 aromatic carbocycles. The van der Waals surface area contributed by atoms with E-state index in [4.69, 9.17) is 11.0 Å². The number of hydrogen-bond donors (Lipinski definition) is 1. The molecular weight excluding hydrogens is 194 g/mol. The number of hydrogen-bond acceptors (Lipinski definition) is 5. The van der Waals surface area contributed by atoms with Crippen LogP contribution in [0.1, 0.15) is 12.1 Å². The van der Waals surface area contributed by atoms with Crippen molar-refractivity contribution in [2.75, 3.05) is 11.4 Å². The van der Waals surface area contributed by atoms with Gasteiger partial charge in [-0.15, -0.1) is 0 Å². The topological polar surface area (TPSA) is 95.9 Å². The van der Waals surface area contributed by atoms with Crippen molar-refractivity contribution in [1.29, 1.82) is 5.26 Å². The average molecular weight is 203 g/mol. The quantitative estimate of drug-likeness (QED) is 0.658. The third-order valence-corrected chi connectivity index (χ3v) is 2.18. The molecule has 1 aliphatic rings. The van der Waals surface area contributed by atoms with Crippen LogP contribution in [0.3, 0.4) is 0 Å². The SMILES string of the molecule is N#Cc1cnc(N2CC(N)CC2=O)cn1. The third-order valence-electron chi connectivity index (χ3n) is 2.18. The first-order chi connectivity index (χ1) is 7.20. The van der Waals surface area contributed by atoms with Crippen LogP contribution in [0, 0.1) is 11.3 Å². The maximum atomic E-state index is 11.5. The Bertz CT molecular complexity index is 421. The van der Waals surface area contributed by atoms with Crippen molar-refractivity contribution in [2.45, 2.75) is 12.5 Å². The summed E-state index contributed by atoms with van der Waals surface area (Å²) in [4.78, 5) is 20.8. The van der Waals surface area contributed by atoms with E-state index in [0.29, 0.717) is 18.8 Å². The van der Waals surface area contributed by atoms with Gasteiger partial charge in [-0.05, 0) is 0 Å². The second-order valence-electron chi connectivity index (χ2n) is 3.34. The van der Waals surface area contributed by atoms with Crippen molar-refractivity contribution in [3.63, 3.8) is 0 Å². The van der Waals surface area contributed by atoms with E-state index in [0.717, 1.165) is 0 Å². The smallest absolute Gasteiger partial charge is 0.229 e. The maximum Gasteiger partial charge on any atom is 0.229 e. The van der Waals surface area contributed by atoms with E-state index in [1.54, 1.807) is 0 Å². The van der Waals surface area contributed by atoms with Gasteiger partial charge >= 0.3 is 0 Å². The van der Waals surface area contributed by atoms with Gasteiger partial charge in [-0.3, -0.25) is 9.69 Å². The van der Waals surface area contributed by atoms with Gasteiger partial charge in [-0.1, -0.05) is 0 Å². The lowest BCUT2D eigenvalue weighted by Gasteiger charge is -2.13. The molecule has 2 rings (SSSR count). The van der Waals surface area contributed by atoms with Crippen molar-refractivity contribution < 1.29 is 4.79 Å². The van der Waals surface area contributed by atoms with E-state index in [9.17, 15) is 4.79 Å². The van der Waals surface area contributed by atoms with E-state index in [1.807, 2.05) is 6.07 Å². The predicted octanol–water partition coefficient (Wildman–Crippen LogP) is -0.588. The van der Waals surface area contributed by atoms with Crippen LogP contribution in [0.15, 0.2) is 12.4 Å². The molecule has 1 saturated heterocycles. The van der Waals surface area contributed by atoms with Gasteiger partial charge in [0.2, 0.25) is 5.91 Å². The second kappa shape index (κ2) is 3.63. The lowest BCUT2D eigenvalue weighted by atomic mass is 10.3. The van der Waals surface area contributed by atoms with E-state index in [2.05, 4.69) is 9.97 Å². The summed E-state index contributed by atoms with van der Waals surface area (Å²) >= 11 is 0. The molecule has 6 heteroatoms. The molecule has 1 aliphatic heterocycles. The molecule has 1 aromatic rings. The summed E-state index contributed by atoms with van der Waals surface area (Å²) in [5, 5.41) is 8.53. The zero-order valence-electron chi connectivity index (χ0n) is 7.92. The standard InChI is InChI=1S/C9H9N5O/c10-2-7-3-13-8(4-12-7)14-5-6(11)1-9(14)15/h3-4,6H,1,5,11H2. The molecule has 1 unspecified atom stereocenters. The molecule has 1 aromatic heterocycles. The molecule has 0 spiro atoms. The molecule has 0 saturated carbocycles. The van der Waals surface area contributed by atoms with Crippen LogP contribution in [-0.2, 0) is 4.79 Å². The molecule has 0 bridgehead atoms. The normalized spacial score (nSPS) is 20.4. The lowest BCUT2D eigenvalue weighted by molar-refractivity contribution is -0.117. The number of aromatic nitrogens is 2. The molecule has 0 aliphatic carbocycles. The molecule has 2 N–H and O–H groups in total. The molecular formula is C9H9N5O. The van der Waals surface area contributed by atoms with Gasteiger partial charge in [0.05, 0.1) is 12.4 Å². The Kier molecular flexibility index (Phi) is 2.31. The van der Waals surface area contributed by atoms with Crippen LogP contribution < -0.4 is 10.6 Å². The Labute approximate surface area is 86.3 Å². The first-order valence-electron chi connectivity index (χ1n) is 4.49. The van der Waals surface area contributed by atoms with E-state index in [-0.39, 0.29) is 17.6 Å². The van der Waals surface area contributed by atoms with Gasteiger partial charge in [-0.2, -0.15) is 5.26 Å². The van der Waals surface area contributed by atoms with Crippen LogP contribution in [-0.4, -0.2) is 28.5 Å². The Morgan fingerprint density at radius 1 is 1.53 bits per heavy atom. The minimum absolute atomic E-state index is 0.0542. The van der Waals surface area contributed by atoms with Crippen LogP contribution in [0.4, 0.5) is 5.82 Å². The summed E-state index contributed by atoms with van der Waals surface area (Å²) in [5.41, 5.74) is 5.88. The highest BCUT2D eigenvalue weighted by molar-refractivity contribution is 5.95. The largest absolute Gasteiger partial charge is 0.326 e. The Morgan fingerprint density at radius 2 is 2.33 bits per heavy atom. The van der Waals surface area contributed by atoms with E-state index >= 15 is 0 Å². The van der Waals surface area contributed by atoms with Gasteiger partial charge in [0.1, 0.15) is 6.07 Å². The Hall–Kier alpha value is -2.00. The van der Waals surface area contributed by atoms with Gasteiger partial charge in [-0.25, -0.2) is 9.97 Å². The molecule has 6 nitrogen and oxygen atoms in total. The highest BCUT2D eigenvalue weighted by Crippen LogP contribution is 2.17. The van der Waals surface area contributed by atoms with Crippen molar-refractivity contribution in [3.8, 4) is 6.07 Å². The third kappa shape index (κ3) is 1.78. The van der Waals surface area contributed by atoms with Gasteiger partial charge in [0.15, 0.2) is 11.5 Å². The molecule has 1 atom stereocenters. The fourth-order valence-corrected chi connectivity index (χ4v) is 1.47. The molecule has 2 heterocycles. The first kappa shape index (κ1) is 9.55. The molecule has 76 valence electrons. The van der Waals surface area contributed by atoms with Gasteiger partial charge in [0.25, 0.3) is 0 Å². The highest BCUT2D eigenvalue weighted by atomic mass is 16.2. The number of nitrogens with zero attached hydrogens (tertiary/aromatic N) is 4. The van der Waals surface area contributed by atoms with Crippen LogP contribution >= 0.6 is 0 Å². The number of amides is 1. The Morgan fingerprint density at radius 3 is 2.80 bits per heavy atom. The lowest BCUT2D eigenvalue weighted by Crippen LogP contribution is -2.28. The summed E-state index contributed by atoms with van der Waals surface area (Å²) in [6, 6.07) is 1.72. The fraction of sp³-hybridized carbons (Fsp3) is 0.333. The fourth-order valence-electron chi connectivity index (χ4n) is 1.47. The predicted molar refractivity (Wildman–Crippen MR) is 51.7 cm³/mol. The van der Waals surface area contributed by atoms with Crippen molar-refractivity contribution >= 4 is 11.7 Å². The number of nitrogens with two attached hydrogens (primary N) is 1. The maximum absolute atomic E-state index is 11.5. The Balaban J connectivity index is 2.23. The van der Waals surface area contributed by atoms with E-state index in [1.165, 1.54) is 17.3 Å². The highest BCUT2D eigenvalue weighted by Gasteiger charge is 2.28. The van der Waals surface area contributed by atoms with Crippen molar-refractivity contribution in [2.24, 2.45) is 5.73 Å². The van der Waals surface area contributed by atoms with Crippen LogP contribution in [0.5, 0.6) is 0 Å². The van der Waals surface area contributed by atoms with Crippen molar-refractivity contribution in [1.82, 2.24) is 9.97 Å². The van der Waals surface area contributed by atoms with E-state index < -0.39 is 0 Å². The summed E-state index contributed by atoms with van der Waals surface area (Å²) in [7, 11) is 0. The number of anilines is 1. The zero-order chi connectivity index (χ0) is 10.8. The van der Waals surface area contributed by atoms with Crippen LogP contribution in [0.2, 0.25) is 0 Å². The second-order valence-corrected chi connectivity index (χ2v) is 3.34. The minimum Gasteiger partial charge on any atom is -0.326 e. The summed E-state index contributed by atoms with van der Waals surface area (Å²) in [6.07, 6.45) is 3.09. The minimum atomic E-state index is -0.144. The first-order valence-corrected chi connectivity index (χ1v) is 4.49. The van der Waals surface area contributed by atoms with Gasteiger partial charge < -0.3 is 5.73 Å². The van der Waals surface area contributed by atoms with Crippen molar-refractivity contribution in [3.05, 3.63) is 18.1 Å². The van der Waals surface area contributed by atoms with Gasteiger partial charge in [0, 0.05) is 19.0 Å². The van der Waals surface area contributed by atoms with Crippen LogP contribution in [0.25, 0.3) is 0 Å². The average Bonchev–Trinajstić information content (AvgIpc) is 2.58. The number of nitriles is 1. The molecule has 1 fully saturated rings. The molecule has 0 radical (unpaired) electrons. The molecule has 15 heavy (non-hydrogen) atoms. The number of carbonyl (C=O) groups excluding carboxylic acids is 1. The number of carbonyl (C=O) groups is 1. The zero-order valence-corrected chi connectivity index (χ0v) is 7.92. The number of rotatable bonds is 1. The summed E-state index contributed by atoms with van der Waals surface area (Å²) in [6.45, 7) is 0.458.